The Labute approximate surface area is 149 Å². The zero-order valence-electron chi connectivity index (χ0n) is 15.9. The van der Waals surface area contributed by atoms with Crippen LogP contribution in [0.3, 0.4) is 0 Å². The summed E-state index contributed by atoms with van der Waals surface area (Å²) in [6, 6.07) is 0. The molecule has 0 bridgehead atoms. The van der Waals surface area contributed by atoms with E-state index in [1.165, 1.54) is 17.1 Å². The Morgan fingerprint density at radius 1 is 1.12 bits per heavy atom. The van der Waals surface area contributed by atoms with Gasteiger partial charge in [-0.1, -0.05) is 12.5 Å². The quantitative estimate of drug-likeness (QED) is 0.237. The molecule has 0 aliphatic rings. The van der Waals surface area contributed by atoms with Crippen LogP contribution in [0.2, 0.25) is 0 Å². The third kappa shape index (κ3) is 9.93. The molecule has 0 spiro atoms. The van der Waals surface area contributed by atoms with Gasteiger partial charge in [0, 0.05) is 40.3 Å². The van der Waals surface area contributed by atoms with Crippen LogP contribution < -0.4 is 5.32 Å². The maximum atomic E-state index is 11.7. The van der Waals surface area contributed by atoms with E-state index in [9.17, 15) is 8.42 Å². The summed E-state index contributed by atoms with van der Waals surface area (Å²) in [7, 11) is 0.579. The Bertz CT molecular complexity index is 463. The number of unbranched alkanes of at least 4 members (excludes halogenated alkanes) is 3. The van der Waals surface area contributed by atoms with Gasteiger partial charge >= 0.3 is 0 Å². The average molecular weight is 361 g/mol. The van der Waals surface area contributed by atoms with E-state index >= 15 is 0 Å². The molecule has 0 aliphatic carbocycles. The molecule has 6 nitrogen and oxygen atoms in total. The van der Waals surface area contributed by atoms with Gasteiger partial charge < -0.3 is 10.2 Å². The number of hydrogen-bond donors (Lipinski definition) is 1. The molecule has 0 unspecified atom stereocenters. The lowest BCUT2D eigenvalue weighted by Gasteiger charge is -2.22. The number of allylic oxidation sites excluding steroid dienone is 1. The van der Waals surface area contributed by atoms with Gasteiger partial charge in [0.05, 0.1) is 5.75 Å². The zero-order chi connectivity index (χ0) is 18.4. The minimum atomic E-state index is -3.09. The summed E-state index contributed by atoms with van der Waals surface area (Å²) in [5.41, 5.74) is 0. The van der Waals surface area contributed by atoms with Crippen molar-refractivity contribution in [1.29, 1.82) is 0 Å². The van der Waals surface area contributed by atoms with Crippen LogP contribution in [0.5, 0.6) is 0 Å². The number of sulfonamides is 1. The van der Waals surface area contributed by atoms with Crippen LogP contribution in [0.1, 0.15) is 46.0 Å². The number of rotatable bonds is 13. The molecule has 0 aliphatic heterocycles. The average Bonchev–Trinajstić information content (AvgIpc) is 2.56. The molecule has 0 aromatic carbocycles. The lowest BCUT2D eigenvalue weighted by atomic mass is 10.2. The molecule has 1 N–H and O–H groups in total. The van der Waals surface area contributed by atoms with E-state index in [2.05, 4.69) is 28.7 Å². The summed E-state index contributed by atoms with van der Waals surface area (Å²) in [5.74, 6) is 1.03. The number of aliphatic imine (C=N–C) groups is 1. The van der Waals surface area contributed by atoms with Gasteiger partial charge in [0.1, 0.15) is 0 Å². The second-order valence-electron chi connectivity index (χ2n) is 5.87. The van der Waals surface area contributed by atoms with E-state index in [-0.39, 0.29) is 5.75 Å². The van der Waals surface area contributed by atoms with Crippen LogP contribution in [0.15, 0.2) is 17.6 Å². The number of guanidine groups is 1. The highest BCUT2D eigenvalue weighted by Gasteiger charge is 2.14. The Hall–Kier alpha value is -1.08. The largest absolute Gasteiger partial charge is 0.357 e. The molecule has 0 amide bonds. The van der Waals surface area contributed by atoms with Crippen molar-refractivity contribution in [2.24, 2.45) is 4.99 Å². The molecule has 0 rings (SSSR count). The SMILES string of the molecule is C=CCCCCCN(C)C(=NCCCN(C)S(=O)(=O)CC)NCC. The van der Waals surface area contributed by atoms with Crippen molar-refractivity contribution in [1.82, 2.24) is 14.5 Å². The van der Waals surface area contributed by atoms with Gasteiger partial charge in [-0.2, -0.15) is 0 Å². The van der Waals surface area contributed by atoms with Crippen molar-refractivity contribution in [2.75, 3.05) is 46.0 Å². The van der Waals surface area contributed by atoms with Crippen LogP contribution >= 0.6 is 0 Å². The highest BCUT2D eigenvalue weighted by molar-refractivity contribution is 7.89. The van der Waals surface area contributed by atoms with E-state index in [0.29, 0.717) is 13.1 Å². The molecule has 24 heavy (non-hydrogen) atoms. The van der Waals surface area contributed by atoms with Crippen LogP contribution in [0, 0.1) is 0 Å². The predicted octanol–water partition coefficient (Wildman–Crippen LogP) is 2.30. The van der Waals surface area contributed by atoms with Crippen LogP contribution in [-0.4, -0.2) is 69.6 Å². The lowest BCUT2D eigenvalue weighted by molar-refractivity contribution is 0.449. The van der Waals surface area contributed by atoms with Gasteiger partial charge in [-0.25, -0.2) is 12.7 Å². The Balaban J connectivity index is 4.28. The molecule has 0 atom stereocenters. The number of nitrogens with zero attached hydrogens (tertiary/aromatic N) is 3. The minimum Gasteiger partial charge on any atom is -0.357 e. The topological polar surface area (TPSA) is 65.0 Å². The summed E-state index contributed by atoms with van der Waals surface area (Å²) in [4.78, 5) is 6.74. The summed E-state index contributed by atoms with van der Waals surface area (Å²) in [5, 5.41) is 3.29. The van der Waals surface area contributed by atoms with Crippen LogP contribution in [0.4, 0.5) is 0 Å². The molecular formula is C17H36N4O2S. The molecule has 142 valence electrons. The molecule has 0 aromatic rings. The summed E-state index contributed by atoms with van der Waals surface area (Å²) >= 11 is 0. The van der Waals surface area contributed by atoms with Crippen molar-refractivity contribution in [3.63, 3.8) is 0 Å². The Morgan fingerprint density at radius 3 is 2.42 bits per heavy atom. The number of hydrogen-bond acceptors (Lipinski definition) is 3. The van der Waals surface area contributed by atoms with Gasteiger partial charge in [-0.3, -0.25) is 4.99 Å². The monoisotopic (exact) mass is 360 g/mol. The van der Waals surface area contributed by atoms with Crippen molar-refractivity contribution in [2.45, 2.75) is 46.0 Å². The van der Waals surface area contributed by atoms with Crippen LogP contribution in [-0.2, 0) is 10.0 Å². The maximum Gasteiger partial charge on any atom is 0.213 e. The molecular weight excluding hydrogens is 324 g/mol. The van der Waals surface area contributed by atoms with Gasteiger partial charge in [-0.15, -0.1) is 6.58 Å². The molecule has 0 fully saturated rings. The first kappa shape index (κ1) is 22.9. The minimum absolute atomic E-state index is 0.143. The van der Waals surface area contributed by atoms with Crippen molar-refractivity contribution < 1.29 is 8.42 Å². The van der Waals surface area contributed by atoms with Crippen LogP contribution in [0.25, 0.3) is 0 Å². The summed E-state index contributed by atoms with van der Waals surface area (Å²) in [6.07, 6.45) is 7.26. The van der Waals surface area contributed by atoms with E-state index in [0.717, 1.165) is 38.3 Å². The number of nitrogens with one attached hydrogen (secondary N) is 1. The first-order valence-corrected chi connectivity index (χ1v) is 10.5. The molecule has 0 aromatic heterocycles. The molecule has 7 heteroatoms. The predicted molar refractivity (Wildman–Crippen MR) is 104 cm³/mol. The third-order valence-electron chi connectivity index (χ3n) is 3.83. The first-order valence-electron chi connectivity index (χ1n) is 8.93. The van der Waals surface area contributed by atoms with Crippen molar-refractivity contribution >= 4 is 16.0 Å². The fourth-order valence-corrected chi connectivity index (χ4v) is 3.08. The van der Waals surface area contributed by atoms with E-state index in [1.54, 1.807) is 14.0 Å². The Kier molecular flexibility index (Phi) is 12.6. The first-order chi connectivity index (χ1) is 11.4. The highest BCUT2D eigenvalue weighted by atomic mass is 32.2. The van der Waals surface area contributed by atoms with E-state index in [4.69, 9.17) is 0 Å². The highest BCUT2D eigenvalue weighted by Crippen LogP contribution is 2.02. The Morgan fingerprint density at radius 2 is 1.83 bits per heavy atom. The van der Waals surface area contributed by atoms with Crippen molar-refractivity contribution in [3.8, 4) is 0 Å². The van der Waals surface area contributed by atoms with Gasteiger partial charge in [0.25, 0.3) is 0 Å². The normalized spacial score (nSPS) is 12.5. The van der Waals surface area contributed by atoms with Gasteiger partial charge in [0.15, 0.2) is 5.96 Å². The second-order valence-corrected chi connectivity index (χ2v) is 8.24. The molecule has 0 saturated carbocycles. The van der Waals surface area contributed by atoms with Gasteiger partial charge in [-0.05, 0) is 39.5 Å². The molecule has 0 radical (unpaired) electrons. The maximum absolute atomic E-state index is 11.7. The summed E-state index contributed by atoms with van der Waals surface area (Å²) < 4.78 is 24.8. The standard InChI is InChI=1S/C17H36N4O2S/c1-6-9-10-11-12-15-20(4)17(18-7-2)19-14-13-16-21(5)24(22,23)8-3/h6H,1,7-16H2,2-5H3,(H,18,19). The summed E-state index contributed by atoms with van der Waals surface area (Å²) in [6.45, 7) is 10.4. The third-order valence-corrected chi connectivity index (χ3v) is 5.69. The molecule has 0 saturated heterocycles. The lowest BCUT2D eigenvalue weighted by Crippen LogP contribution is -2.39. The smallest absolute Gasteiger partial charge is 0.213 e. The van der Waals surface area contributed by atoms with E-state index in [1.807, 2.05) is 13.1 Å². The fourth-order valence-electron chi connectivity index (χ4n) is 2.23. The second kappa shape index (κ2) is 13.2. The van der Waals surface area contributed by atoms with Crippen molar-refractivity contribution in [3.05, 3.63) is 12.7 Å². The fraction of sp³-hybridized carbons (Fsp3) is 0.824. The van der Waals surface area contributed by atoms with E-state index < -0.39 is 10.0 Å². The zero-order valence-corrected chi connectivity index (χ0v) is 16.7. The molecule has 0 heterocycles. The van der Waals surface area contributed by atoms with Gasteiger partial charge in [0.2, 0.25) is 10.0 Å².